The quantitative estimate of drug-likeness (QED) is 0.873. The molecule has 0 aromatic heterocycles. The Labute approximate surface area is 118 Å². The molecule has 2 unspecified atom stereocenters. The third kappa shape index (κ3) is 2.76. The lowest BCUT2D eigenvalue weighted by Crippen LogP contribution is -2.62. The molecule has 2 N–H and O–H groups in total. The highest BCUT2D eigenvalue weighted by Crippen LogP contribution is 2.20. The van der Waals surface area contributed by atoms with Gasteiger partial charge in [0.1, 0.15) is 17.8 Å². The summed E-state index contributed by atoms with van der Waals surface area (Å²) in [7, 11) is 0. The van der Waals surface area contributed by atoms with Gasteiger partial charge in [0.15, 0.2) is 0 Å². The van der Waals surface area contributed by atoms with Gasteiger partial charge in [-0.15, -0.1) is 0 Å². The lowest BCUT2D eigenvalue weighted by molar-refractivity contribution is -0.150. The smallest absolute Gasteiger partial charge is 0.246 e. The number of aromatic hydroxyl groups is 1. The molecule has 1 heterocycles. The molecule has 0 radical (unpaired) electrons. The second-order valence-corrected chi connectivity index (χ2v) is 5.03. The van der Waals surface area contributed by atoms with E-state index in [0.29, 0.717) is 19.4 Å². The maximum absolute atomic E-state index is 12.4. The molecule has 1 aromatic rings. The fraction of sp³-hybridized carbons (Fsp3) is 0.467. The Kier molecular flexibility index (Phi) is 4.27. The molecule has 5 nitrogen and oxygen atoms in total. The Morgan fingerprint density at radius 2 is 2.00 bits per heavy atom. The van der Waals surface area contributed by atoms with Crippen molar-refractivity contribution in [3.05, 3.63) is 29.8 Å². The molecule has 0 saturated carbocycles. The van der Waals surface area contributed by atoms with Crippen LogP contribution in [0.4, 0.5) is 0 Å². The van der Waals surface area contributed by atoms with Crippen LogP contribution in [-0.2, 0) is 16.1 Å². The average Bonchev–Trinajstić information content (AvgIpc) is 2.43. The number of hydrogen-bond acceptors (Lipinski definition) is 3. The molecule has 20 heavy (non-hydrogen) atoms. The minimum atomic E-state index is -0.442. The number of rotatable bonds is 4. The summed E-state index contributed by atoms with van der Waals surface area (Å²) in [6, 6.07) is 5.90. The fourth-order valence-electron chi connectivity index (χ4n) is 2.55. The second-order valence-electron chi connectivity index (χ2n) is 5.03. The van der Waals surface area contributed by atoms with Crippen molar-refractivity contribution in [3.63, 3.8) is 0 Å². The predicted molar refractivity (Wildman–Crippen MR) is 75.0 cm³/mol. The summed E-state index contributed by atoms with van der Waals surface area (Å²) in [4.78, 5) is 26.1. The van der Waals surface area contributed by atoms with Gasteiger partial charge in [-0.3, -0.25) is 9.59 Å². The van der Waals surface area contributed by atoms with Gasteiger partial charge >= 0.3 is 0 Å². The SMILES string of the molecule is CCC1NC(=O)C(CC)N(Cc2cccc(O)c2)C1=O. The zero-order valence-electron chi connectivity index (χ0n) is 11.8. The van der Waals surface area contributed by atoms with Crippen molar-refractivity contribution in [1.29, 1.82) is 0 Å². The molecule has 0 spiro atoms. The molecule has 1 fully saturated rings. The minimum Gasteiger partial charge on any atom is -0.508 e. The van der Waals surface area contributed by atoms with Gasteiger partial charge in [-0.1, -0.05) is 26.0 Å². The molecule has 1 aromatic carbocycles. The van der Waals surface area contributed by atoms with E-state index in [-0.39, 0.29) is 17.6 Å². The van der Waals surface area contributed by atoms with Crippen LogP contribution in [0.5, 0.6) is 5.75 Å². The topological polar surface area (TPSA) is 69.6 Å². The molecule has 1 saturated heterocycles. The van der Waals surface area contributed by atoms with Gasteiger partial charge in [-0.05, 0) is 30.5 Å². The van der Waals surface area contributed by atoms with Crippen molar-refractivity contribution in [1.82, 2.24) is 10.2 Å². The van der Waals surface area contributed by atoms with E-state index in [1.807, 2.05) is 19.9 Å². The average molecular weight is 276 g/mol. The molecule has 0 bridgehead atoms. The van der Waals surface area contributed by atoms with Crippen LogP contribution in [0, 0.1) is 0 Å². The highest BCUT2D eigenvalue weighted by molar-refractivity contribution is 5.96. The first-order chi connectivity index (χ1) is 9.56. The number of carbonyl (C=O) groups excluding carboxylic acids is 2. The van der Waals surface area contributed by atoms with Crippen LogP contribution in [0.1, 0.15) is 32.3 Å². The Morgan fingerprint density at radius 3 is 2.60 bits per heavy atom. The summed E-state index contributed by atoms with van der Waals surface area (Å²) in [5.41, 5.74) is 0.821. The van der Waals surface area contributed by atoms with Crippen LogP contribution in [0.2, 0.25) is 0 Å². The number of nitrogens with zero attached hydrogens (tertiary/aromatic N) is 1. The Hall–Kier alpha value is -2.04. The van der Waals surface area contributed by atoms with Crippen LogP contribution in [0.25, 0.3) is 0 Å². The van der Waals surface area contributed by atoms with E-state index in [1.54, 1.807) is 23.1 Å². The van der Waals surface area contributed by atoms with Gasteiger partial charge in [-0.2, -0.15) is 0 Å². The number of nitrogens with one attached hydrogen (secondary N) is 1. The van der Waals surface area contributed by atoms with E-state index in [9.17, 15) is 14.7 Å². The van der Waals surface area contributed by atoms with Crippen molar-refractivity contribution < 1.29 is 14.7 Å². The number of amides is 2. The second kappa shape index (κ2) is 5.94. The van der Waals surface area contributed by atoms with Gasteiger partial charge in [0.05, 0.1) is 0 Å². The summed E-state index contributed by atoms with van der Waals surface area (Å²) < 4.78 is 0. The first-order valence-corrected chi connectivity index (χ1v) is 6.95. The number of phenolic OH excluding ortho intramolecular Hbond substituents is 1. The maximum Gasteiger partial charge on any atom is 0.246 e. The maximum atomic E-state index is 12.4. The molecule has 108 valence electrons. The first-order valence-electron chi connectivity index (χ1n) is 6.95. The molecular formula is C15H20N2O3. The van der Waals surface area contributed by atoms with Crippen LogP contribution in [0.3, 0.4) is 0 Å². The molecular weight excluding hydrogens is 256 g/mol. The van der Waals surface area contributed by atoms with E-state index < -0.39 is 12.1 Å². The van der Waals surface area contributed by atoms with E-state index in [1.165, 1.54) is 0 Å². The number of hydrogen-bond donors (Lipinski definition) is 2. The summed E-state index contributed by atoms with van der Waals surface area (Å²) in [5.74, 6) is 0.0119. The highest BCUT2D eigenvalue weighted by Gasteiger charge is 2.38. The van der Waals surface area contributed by atoms with Crippen molar-refractivity contribution >= 4 is 11.8 Å². The largest absolute Gasteiger partial charge is 0.508 e. The van der Waals surface area contributed by atoms with Crippen molar-refractivity contribution in [2.24, 2.45) is 0 Å². The van der Waals surface area contributed by atoms with E-state index in [4.69, 9.17) is 0 Å². The van der Waals surface area contributed by atoms with Crippen LogP contribution in [0.15, 0.2) is 24.3 Å². The molecule has 1 aliphatic rings. The van der Waals surface area contributed by atoms with Crippen LogP contribution in [-0.4, -0.2) is 33.9 Å². The Balaban J connectivity index is 2.24. The zero-order valence-corrected chi connectivity index (χ0v) is 11.8. The van der Waals surface area contributed by atoms with Gasteiger partial charge < -0.3 is 15.3 Å². The highest BCUT2D eigenvalue weighted by atomic mass is 16.3. The van der Waals surface area contributed by atoms with Gasteiger partial charge in [0.25, 0.3) is 0 Å². The lowest BCUT2D eigenvalue weighted by atomic mass is 10.0. The van der Waals surface area contributed by atoms with Crippen LogP contribution >= 0.6 is 0 Å². The van der Waals surface area contributed by atoms with Crippen molar-refractivity contribution in [3.8, 4) is 5.75 Å². The third-order valence-corrected chi connectivity index (χ3v) is 3.63. The van der Waals surface area contributed by atoms with Gasteiger partial charge in [-0.25, -0.2) is 0 Å². The van der Waals surface area contributed by atoms with Crippen molar-refractivity contribution in [2.45, 2.75) is 45.3 Å². The summed E-state index contributed by atoms with van der Waals surface area (Å²) >= 11 is 0. The monoisotopic (exact) mass is 276 g/mol. The standard InChI is InChI=1S/C15H20N2O3/c1-3-12-15(20)17(13(4-2)14(19)16-12)9-10-6-5-7-11(18)8-10/h5-8,12-13,18H,3-4,9H2,1-2H3,(H,16,19). The number of benzene rings is 1. The molecule has 2 rings (SSSR count). The van der Waals surface area contributed by atoms with E-state index in [0.717, 1.165) is 5.56 Å². The first kappa shape index (κ1) is 14.4. The fourth-order valence-corrected chi connectivity index (χ4v) is 2.55. The minimum absolute atomic E-state index is 0.0534. The van der Waals surface area contributed by atoms with E-state index in [2.05, 4.69) is 5.32 Å². The number of phenols is 1. The van der Waals surface area contributed by atoms with Gasteiger partial charge in [0, 0.05) is 6.54 Å². The van der Waals surface area contributed by atoms with E-state index >= 15 is 0 Å². The molecule has 2 amide bonds. The number of carbonyl (C=O) groups is 2. The number of piperazine rings is 1. The summed E-state index contributed by atoms with van der Waals surface area (Å²) in [5, 5.41) is 12.3. The Morgan fingerprint density at radius 1 is 1.25 bits per heavy atom. The molecule has 2 atom stereocenters. The molecule has 0 aliphatic carbocycles. The van der Waals surface area contributed by atoms with Crippen molar-refractivity contribution in [2.75, 3.05) is 0 Å². The Bertz CT molecular complexity index is 516. The normalized spacial score (nSPS) is 22.8. The molecule has 5 heteroatoms. The van der Waals surface area contributed by atoms with Gasteiger partial charge in [0.2, 0.25) is 11.8 Å². The summed E-state index contributed by atoms with van der Waals surface area (Å²) in [6.45, 7) is 4.11. The van der Waals surface area contributed by atoms with Crippen LogP contribution < -0.4 is 5.32 Å². The zero-order chi connectivity index (χ0) is 14.7. The summed E-state index contributed by atoms with van der Waals surface area (Å²) in [6.07, 6.45) is 1.16. The molecule has 1 aliphatic heterocycles. The third-order valence-electron chi connectivity index (χ3n) is 3.63. The lowest BCUT2D eigenvalue weighted by Gasteiger charge is -2.38. The predicted octanol–water partition coefficient (Wildman–Crippen LogP) is 1.41.